The van der Waals surface area contributed by atoms with Crippen LogP contribution in [0.2, 0.25) is 0 Å². The van der Waals surface area contributed by atoms with Crippen molar-refractivity contribution in [2.45, 2.75) is 43.7 Å². The summed E-state index contributed by atoms with van der Waals surface area (Å²) in [6, 6.07) is 14.0. The van der Waals surface area contributed by atoms with Crippen LogP contribution in [0.4, 0.5) is 5.69 Å². The maximum Gasteiger partial charge on any atom is 0.263 e. The molecule has 0 aliphatic carbocycles. The average molecular weight is 429 g/mol. The Morgan fingerprint density at radius 2 is 1.83 bits per heavy atom. The molecule has 0 fully saturated rings. The summed E-state index contributed by atoms with van der Waals surface area (Å²) in [5.41, 5.74) is 2.58. The maximum absolute atomic E-state index is 12.9. The summed E-state index contributed by atoms with van der Waals surface area (Å²) < 4.78 is 27.1. The molecule has 2 N–H and O–H groups in total. The molecule has 1 unspecified atom stereocenters. The van der Waals surface area contributed by atoms with E-state index in [1.165, 1.54) is 0 Å². The van der Waals surface area contributed by atoms with E-state index in [0.717, 1.165) is 24.1 Å². The van der Waals surface area contributed by atoms with Crippen LogP contribution in [-0.2, 0) is 21.4 Å². The fourth-order valence-electron chi connectivity index (χ4n) is 3.26. The normalized spacial score (nSPS) is 16.6. The van der Waals surface area contributed by atoms with Crippen molar-refractivity contribution in [1.29, 1.82) is 0 Å². The number of carbonyl (C=O) groups excluding carboxylic acids is 1. The minimum atomic E-state index is -3.63. The summed E-state index contributed by atoms with van der Waals surface area (Å²) in [6.45, 7) is 2.43. The van der Waals surface area contributed by atoms with Crippen LogP contribution in [-0.4, -0.2) is 40.3 Å². The molecular weight excluding hydrogens is 400 g/mol. The van der Waals surface area contributed by atoms with Gasteiger partial charge < -0.3 is 10.2 Å². The Morgan fingerprint density at radius 1 is 1.13 bits per heavy atom. The third-order valence-corrected chi connectivity index (χ3v) is 6.40. The van der Waals surface area contributed by atoms with Crippen molar-refractivity contribution in [3.8, 4) is 0 Å². The topological polar surface area (TPSA) is 90.9 Å². The van der Waals surface area contributed by atoms with Crippen molar-refractivity contribution in [2.75, 3.05) is 19.0 Å². The first kappa shape index (κ1) is 21.8. The van der Waals surface area contributed by atoms with Crippen molar-refractivity contribution >= 4 is 27.5 Å². The number of amidine groups is 1. The van der Waals surface area contributed by atoms with Crippen molar-refractivity contribution in [3.63, 3.8) is 0 Å². The number of fused-ring (bicyclic) bond motifs is 1. The zero-order valence-corrected chi connectivity index (χ0v) is 18.4. The SMILES string of the molecule is CCCCC(N=C1NS(=O)(=O)c2ccccc21)C(=O)NCc1ccc(N(C)C)cc1. The number of sulfonamides is 1. The maximum atomic E-state index is 12.9. The van der Waals surface area contributed by atoms with E-state index in [2.05, 4.69) is 15.0 Å². The molecule has 1 aliphatic rings. The lowest BCUT2D eigenvalue weighted by atomic mass is 10.1. The first-order valence-electron chi connectivity index (χ1n) is 10.1. The van der Waals surface area contributed by atoms with Gasteiger partial charge in [-0.25, -0.2) is 8.42 Å². The van der Waals surface area contributed by atoms with E-state index >= 15 is 0 Å². The molecule has 2 aromatic carbocycles. The van der Waals surface area contributed by atoms with Crippen molar-refractivity contribution in [1.82, 2.24) is 10.0 Å². The van der Waals surface area contributed by atoms with E-state index in [4.69, 9.17) is 0 Å². The van der Waals surface area contributed by atoms with Crippen LogP contribution in [0.3, 0.4) is 0 Å². The average Bonchev–Trinajstić information content (AvgIpc) is 2.99. The van der Waals surface area contributed by atoms with E-state index in [-0.39, 0.29) is 16.6 Å². The van der Waals surface area contributed by atoms with E-state index in [9.17, 15) is 13.2 Å². The van der Waals surface area contributed by atoms with E-state index in [0.29, 0.717) is 18.5 Å². The van der Waals surface area contributed by atoms with Crippen molar-refractivity contribution in [2.24, 2.45) is 4.99 Å². The van der Waals surface area contributed by atoms with Gasteiger partial charge in [0.05, 0.1) is 4.90 Å². The lowest BCUT2D eigenvalue weighted by Crippen LogP contribution is -2.35. The number of amides is 1. The second-order valence-corrected chi connectivity index (χ2v) is 9.17. The van der Waals surface area contributed by atoms with E-state index in [1.807, 2.05) is 50.2 Å². The number of nitrogens with zero attached hydrogens (tertiary/aromatic N) is 2. The van der Waals surface area contributed by atoms with Crippen molar-refractivity contribution < 1.29 is 13.2 Å². The Kier molecular flexibility index (Phi) is 6.77. The summed E-state index contributed by atoms with van der Waals surface area (Å²) in [6.07, 6.45) is 2.29. The molecular formula is C22H28N4O3S. The van der Waals surface area contributed by atoms with Gasteiger partial charge in [0.25, 0.3) is 10.0 Å². The molecule has 0 aromatic heterocycles. The zero-order valence-electron chi connectivity index (χ0n) is 17.6. The van der Waals surface area contributed by atoms with Gasteiger partial charge in [0.2, 0.25) is 5.91 Å². The Bertz CT molecular complexity index is 1030. The standard InChI is InChI=1S/C22H28N4O3S/c1-4-5-9-19(22(27)23-15-16-11-13-17(14-12-16)26(2)3)24-21-18-8-6-7-10-20(18)30(28,29)25-21/h6-8,10-14,19H,4-5,9,15H2,1-3H3,(H,23,27)(H,24,25). The summed E-state index contributed by atoms with van der Waals surface area (Å²) in [5.74, 6) is 0.0217. The minimum Gasteiger partial charge on any atom is -0.378 e. The van der Waals surface area contributed by atoms with Gasteiger partial charge in [0, 0.05) is 31.9 Å². The first-order chi connectivity index (χ1) is 14.3. The highest BCUT2D eigenvalue weighted by Crippen LogP contribution is 2.23. The summed E-state index contributed by atoms with van der Waals surface area (Å²) >= 11 is 0. The summed E-state index contributed by atoms with van der Waals surface area (Å²) in [5, 5.41) is 2.94. The van der Waals surface area contributed by atoms with Crippen LogP contribution in [0.1, 0.15) is 37.3 Å². The number of hydrogen-bond donors (Lipinski definition) is 2. The van der Waals surface area contributed by atoms with Crippen LogP contribution >= 0.6 is 0 Å². The summed E-state index contributed by atoms with van der Waals surface area (Å²) in [7, 11) is 0.322. The highest BCUT2D eigenvalue weighted by atomic mass is 32.2. The lowest BCUT2D eigenvalue weighted by molar-refractivity contribution is -0.122. The van der Waals surface area contributed by atoms with Gasteiger partial charge in [-0.05, 0) is 36.2 Å². The fourth-order valence-corrected chi connectivity index (χ4v) is 4.50. The molecule has 1 atom stereocenters. The number of aliphatic imine (C=N–C) groups is 1. The second kappa shape index (κ2) is 9.30. The number of nitrogens with one attached hydrogen (secondary N) is 2. The largest absolute Gasteiger partial charge is 0.378 e. The van der Waals surface area contributed by atoms with Crippen LogP contribution in [0.5, 0.6) is 0 Å². The van der Waals surface area contributed by atoms with Gasteiger partial charge in [-0.2, -0.15) is 0 Å². The third kappa shape index (κ3) is 4.99. The third-order valence-electron chi connectivity index (χ3n) is 5.00. The number of unbranched alkanes of at least 4 members (excludes halogenated alkanes) is 1. The van der Waals surface area contributed by atoms with Gasteiger partial charge in [-0.3, -0.25) is 14.5 Å². The van der Waals surface area contributed by atoms with Crippen LogP contribution in [0, 0.1) is 0 Å². The zero-order chi connectivity index (χ0) is 21.7. The van der Waals surface area contributed by atoms with Crippen molar-refractivity contribution in [3.05, 3.63) is 59.7 Å². The fraction of sp³-hybridized carbons (Fsp3) is 0.364. The molecule has 1 amide bonds. The predicted octanol–water partition coefficient (Wildman–Crippen LogP) is 2.67. The van der Waals surface area contributed by atoms with Gasteiger partial charge in [0.1, 0.15) is 11.9 Å². The molecule has 0 radical (unpaired) electrons. The molecule has 0 spiro atoms. The number of benzene rings is 2. The molecule has 30 heavy (non-hydrogen) atoms. The Balaban J connectivity index is 1.76. The molecule has 3 rings (SSSR count). The highest BCUT2D eigenvalue weighted by Gasteiger charge is 2.31. The van der Waals surface area contributed by atoms with Crippen LogP contribution in [0.15, 0.2) is 58.4 Å². The minimum absolute atomic E-state index is 0.194. The Labute approximate surface area is 178 Å². The summed E-state index contributed by atoms with van der Waals surface area (Å²) in [4.78, 5) is 19.6. The number of hydrogen-bond acceptors (Lipinski definition) is 5. The smallest absolute Gasteiger partial charge is 0.263 e. The molecule has 1 heterocycles. The van der Waals surface area contributed by atoms with Gasteiger partial charge in [0.15, 0.2) is 0 Å². The molecule has 0 saturated carbocycles. The van der Waals surface area contributed by atoms with Gasteiger partial charge in [-0.1, -0.05) is 44.0 Å². The monoisotopic (exact) mass is 428 g/mol. The lowest BCUT2D eigenvalue weighted by Gasteiger charge is -2.15. The number of carbonyl (C=O) groups is 1. The van der Waals surface area contributed by atoms with Crippen LogP contribution in [0.25, 0.3) is 0 Å². The Hall–Kier alpha value is -2.87. The van der Waals surface area contributed by atoms with Crippen LogP contribution < -0.4 is 14.9 Å². The molecule has 0 saturated heterocycles. The molecule has 8 heteroatoms. The number of rotatable bonds is 8. The second-order valence-electron chi connectivity index (χ2n) is 7.52. The first-order valence-corrected chi connectivity index (χ1v) is 11.5. The molecule has 160 valence electrons. The molecule has 1 aliphatic heterocycles. The van der Waals surface area contributed by atoms with E-state index < -0.39 is 16.1 Å². The molecule has 0 bridgehead atoms. The quantitative estimate of drug-likeness (QED) is 0.676. The number of anilines is 1. The molecule has 2 aromatic rings. The van der Waals surface area contributed by atoms with E-state index in [1.54, 1.807) is 24.3 Å². The van der Waals surface area contributed by atoms with Gasteiger partial charge in [-0.15, -0.1) is 0 Å². The Morgan fingerprint density at radius 3 is 2.50 bits per heavy atom. The molecule has 7 nitrogen and oxygen atoms in total. The predicted molar refractivity (Wildman–Crippen MR) is 119 cm³/mol. The highest BCUT2D eigenvalue weighted by molar-refractivity contribution is 7.90. The van der Waals surface area contributed by atoms with Gasteiger partial charge >= 0.3 is 0 Å².